The van der Waals surface area contributed by atoms with Crippen LogP contribution in [0.15, 0.2) is 59.5 Å². The zero-order valence-electron chi connectivity index (χ0n) is 10.2. The van der Waals surface area contributed by atoms with Crippen LogP contribution in [0.5, 0.6) is 0 Å². The van der Waals surface area contributed by atoms with Gasteiger partial charge in [-0.1, -0.05) is 42.5 Å². The minimum atomic E-state index is -3.33. The van der Waals surface area contributed by atoms with Crippen molar-refractivity contribution in [2.75, 3.05) is 0 Å². The Labute approximate surface area is 112 Å². The average Bonchev–Trinajstić information content (AvgIpc) is 3.05. The van der Waals surface area contributed by atoms with Crippen molar-refractivity contribution in [3.8, 4) is 0 Å². The number of rotatable bonds is 2. The number of fused-ring (bicyclic) bond motifs is 3. The van der Waals surface area contributed by atoms with E-state index < -0.39 is 10.0 Å². The van der Waals surface area contributed by atoms with E-state index in [2.05, 4.69) is 6.07 Å². The number of benzene rings is 2. The number of hydrogen-bond donors (Lipinski definition) is 0. The number of nitrogens with zero attached hydrogens (tertiary/aromatic N) is 1. The third kappa shape index (κ3) is 1.50. The van der Waals surface area contributed by atoms with Gasteiger partial charge in [-0.15, -0.1) is 0 Å². The summed E-state index contributed by atoms with van der Waals surface area (Å²) in [5.41, 5.74) is 2.46. The maximum Gasteiger partial charge on any atom is 0.244 e. The van der Waals surface area contributed by atoms with Gasteiger partial charge in [0.25, 0.3) is 0 Å². The summed E-state index contributed by atoms with van der Waals surface area (Å²) in [6.07, 6.45) is 0.840. The van der Waals surface area contributed by atoms with Crippen LogP contribution in [0.25, 0.3) is 0 Å². The molecular formula is C15H13NO2S. The minimum absolute atomic E-state index is 0.0569. The predicted molar refractivity (Wildman–Crippen MR) is 72.1 cm³/mol. The zero-order valence-corrected chi connectivity index (χ0v) is 11.0. The molecular weight excluding hydrogens is 258 g/mol. The molecule has 0 aromatic heterocycles. The molecule has 1 fully saturated rings. The van der Waals surface area contributed by atoms with Crippen LogP contribution in [-0.2, 0) is 16.4 Å². The van der Waals surface area contributed by atoms with E-state index in [0.717, 1.165) is 6.42 Å². The number of sulfonamides is 1. The van der Waals surface area contributed by atoms with E-state index in [1.54, 1.807) is 28.6 Å². The van der Waals surface area contributed by atoms with Crippen molar-refractivity contribution >= 4 is 10.0 Å². The maximum absolute atomic E-state index is 12.5. The van der Waals surface area contributed by atoms with Gasteiger partial charge in [-0.3, -0.25) is 0 Å². The van der Waals surface area contributed by atoms with Crippen LogP contribution in [-0.4, -0.2) is 18.8 Å². The van der Waals surface area contributed by atoms with Crippen molar-refractivity contribution in [1.29, 1.82) is 0 Å². The summed E-state index contributed by atoms with van der Waals surface area (Å²) in [6, 6.07) is 17.0. The molecule has 3 atom stereocenters. The molecule has 2 aromatic rings. The van der Waals surface area contributed by atoms with Gasteiger partial charge in [-0.2, -0.15) is 4.31 Å². The Morgan fingerprint density at radius 2 is 1.63 bits per heavy atom. The molecule has 4 rings (SSSR count). The van der Waals surface area contributed by atoms with E-state index in [-0.39, 0.29) is 12.1 Å². The molecule has 0 radical (unpaired) electrons. The summed E-state index contributed by atoms with van der Waals surface area (Å²) in [6.45, 7) is 0. The fourth-order valence-electron chi connectivity index (χ4n) is 3.08. The molecule has 2 aromatic carbocycles. The molecule has 0 N–H and O–H groups in total. The lowest BCUT2D eigenvalue weighted by Gasteiger charge is -2.11. The monoisotopic (exact) mass is 271 g/mol. The maximum atomic E-state index is 12.5. The van der Waals surface area contributed by atoms with Crippen LogP contribution in [0.4, 0.5) is 0 Å². The quantitative estimate of drug-likeness (QED) is 0.786. The van der Waals surface area contributed by atoms with Crippen molar-refractivity contribution in [2.24, 2.45) is 0 Å². The molecule has 19 heavy (non-hydrogen) atoms. The second kappa shape index (κ2) is 3.68. The molecule has 0 bridgehead atoms. The summed E-state index contributed by atoms with van der Waals surface area (Å²) in [7, 11) is -3.33. The summed E-state index contributed by atoms with van der Waals surface area (Å²) in [5, 5.41) is 0. The number of hydrogen-bond acceptors (Lipinski definition) is 2. The second-order valence-electron chi connectivity index (χ2n) is 5.06. The molecule has 96 valence electrons. The molecule has 1 aliphatic carbocycles. The highest BCUT2D eigenvalue weighted by Gasteiger charge is 2.59. The Kier molecular flexibility index (Phi) is 2.17. The van der Waals surface area contributed by atoms with Gasteiger partial charge >= 0.3 is 0 Å². The zero-order chi connectivity index (χ0) is 13.0. The first-order valence-corrected chi connectivity index (χ1v) is 7.80. The third-order valence-corrected chi connectivity index (χ3v) is 5.92. The first kappa shape index (κ1) is 11.2. The Bertz CT molecular complexity index is 740. The fraction of sp³-hybridized carbons (Fsp3) is 0.200. The van der Waals surface area contributed by atoms with Crippen LogP contribution in [0, 0.1) is 0 Å². The lowest BCUT2D eigenvalue weighted by molar-refractivity contribution is 0.541. The van der Waals surface area contributed by atoms with Crippen LogP contribution in [0.3, 0.4) is 0 Å². The van der Waals surface area contributed by atoms with E-state index >= 15 is 0 Å². The third-order valence-electron chi connectivity index (χ3n) is 4.00. The van der Waals surface area contributed by atoms with Gasteiger partial charge in [0.2, 0.25) is 10.0 Å². The smallest absolute Gasteiger partial charge is 0.207 e. The van der Waals surface area contributed by atoms with Crippen molar-refractivity contribution in [3.05, 3.63) is 65.7 Å². The Morgan fingerprint density at radius 3 is 2.42 bits per heavy atom. The highest BCUT2D eigenvalue weighted by atomic mass is 32.2. The van der Waals surface area contributed by atoms with Gasteiger partial charge in [-0.25, -0.2) is 8.42 Å². The second-order valence-corrected chi connectivity index (χ2v) is 6.91. The summed E-state index contributed by atoms with van der Waals surface area (Å²) in [5.74, 6) is 0. The Hall–Kier alpha value is -1.65. The normalized spacial score (nSPS) is 27.7. The Morgan fingerprint density at radius 1 is 0.947 bits per heavy atom. The molecule has 4 heteroatoms. The Balaban J connectivity index is 1.72. The van der Waals surface area contributed by atoms with Gasteiger partial charge < -0.3 is 0 Å². The van der Waals surface area contributed by atoms with Crippen LogP contribution in [0.2, 0.25) is 0 Å². The molecule has 0 saturated carbocycles. The topological polar surface area (TPSA) is 37.1 Å². The first-order valence-electron chi connectivity index (χ1n) is 6.36. The summed E-state index contributed by atoms with van der Waals surface area (Å²) >= 11 is 0. The highest BCUT2D eigenvalue weighted by Crippen LogP contribution is 2.54. The molecule has 1 heterocycles. The van der Waals surface area contributed by atoms with Crippen LogP contribution in [0.1, 0.15) is 17.2 Å². The van der Waals surface area contributed by atoms with E-state index in [1.165, 1.54) is 11.1 Å². The molecule has 1 unspecified atom stereocenters. The van der Waals surface area contributed by atoms with E-state index in [4.69, 9.17) is 0 Å². The minimum Gasteiger partial charge on any atom is -0.207 e. The van der Waals surface area contributed by atoms with Crippen LogP contribution >= 0.6 is 0 Å². The summed E-state index contributed by atoms with van der Waals surface area (Å²) < 4.78 is 26.7. The highest BCUT2D eigenvalue weighted by molar-refractivity contribution is 7.89. The van der Waals surface area contributed by atoms with E-state index in [1.807, 2.05) is 24.3 Å². The summed E-state index contributed by atoms with van der Waals surface area (Å²) in [4.78, 5) is 0.391. The predicted octanol–water partition coefficient (Wildman–Crippen LogP) is 2.36. The molecule has 0 amide bonds. The lowest BCUT2D eigenvalue weighted by Crippen LogP contribution is -2.17. The van der Waals surface area contributed by atoms with Gasteiger partial charge in [0, 0.05) is 0 Å². The SMILES string of the molecule is O=S(=O)(c1ccccc1)N1[C@@H]2Cc3ccccc3[C@H]21. The lowest BCUT2D eigenvalue weighted by atomic mass is 10.1. The average molecular weight is 271 g/mol. The molecule has 0 spiro atoms. The van der Waals surface area contributed by atoms with Gasteiger partial charge in [0.15, 0.2) is 0 Å². The molecule has 2 aliphatic rings. The standard InChI is InChI=1S/C15H13NO2S/c17-19(18,12-7-2-1-3-8-12)16-14-10-11-6-4-5-9-13(11)15(14)16/h1-9,14-15H,10H2/t14-,15-,16?/m1/s1. The molecule has 1 saturated heterocycles. The fourth-order valence-corrected chi connectivity index (χ4v) is 4.87. The molecule has 1 aliphatic heterocycles. The van der Waals surface area contributed by atoms with Crippen molar-refractivity contribution in [3.63, 3.8) is 0 Å². The van der Waals surface area contributed by atoms with E-state index in [9.17, 15) is 8.42 Å². The van der Waals surface area contributed by atoms with Crippen LogP contribution < -0.4 is 0 Å². The first-order chi connectivity index (χ1) is 9.19. The van der Waals surface area contributed by atoms with Gasteiger partial charge in [0.1, 0.15) is 0 Å². The van der Waals surface area contributed by atoms with Crippen molar-refractivity contribution < 1.29 is 8.42 Å². The molecule has 3 nitrogen and oxygen atoms in total. The van der Waals surface area contributed by atoms with Crippen molar-refractivity contribution in [1.82, 2.24) is 4.31 Å². The largest absolute Gasteiger partial charge is 0.244 e. The van der Waals surface area contributed by atoms with Gasteiger partial charge in [-0.05, 0) is 29.7 Å². The van der Waals surface area contributed by atoms with Crippen molar-refractivity contribution in [2.45, 2.75) is 23.4 Å². The van der Waals surface area contributed by atoms with E-state index in [0.29, 0.717) is 4.90 Å². The van der Waals surface area contributed by atoms with Gasteiger partial charge in [0.05, 0.1) is 17.0 Å².